The standard InChI is InChI=1S/C14H22N2O5/c1-14(2,3)6-9(13(18)19)7-15-12(17)11-5-10(8-20-4)21-16-11/h5,9H,6-8H2,1-4H3,(H,15,17)(H,18,19). The molecule has 1 aromatic rings. The van der Waals surface area contributed by atoms with Crippen LogP contribution in [0.1, 0.15) is 43.4 Å². The molecule has 0 bridgehead atoms. The van der Waals surface area contributed by atoms with E-state index in [1.165, 1.54) is 13.2 Å². The molecule has 0 saturated carbocycles. The van der Waals surface area contributed by atoms with Crippen molar-refractivity contribution in [1.29, 1.82) is 0 Å². The number of nitrogens with zero attached hydrogens (tertiary/aromatic N) is 1. The second kappa shape index (κ2) is 7.21. The fourth-order valence-corrected chi connectivity index (χ4v) is 1.92. The van der Waals surface area contributed by atoms with Crippen LogP contribution in [0.15, 0.2) is 10.6 Å². The van der Waals surface area contributed by atoms with Crippen LogP contribution in [-0.4, -0.2) is 35.8 Å². The summed E-state index contributed by atoms with van der Waals surface area (Å²) in [5.74, 6) is -1.59. The highest BCUT2D eigenvalue weighted by molar-refractivity contribution is 5.92. The summed E-state index contributed by atoms with van der Waals surface area (Å²) in [4.78, 5) is 23.1. The molecule has 0 radical (unpaired) electrons. The molecular formula is C14H22N2O5. The molecule has 0 aliphatic rings. The lowest BCUT2D eigenvalue weighted by Gasteiger charge is -2.23. The van der Waals surface area contributed by atoms with Crippen LogP contribution in [0.25, 0.3) is 0 Å². The van der Waals surface area contributed by atoms with Gasteiger partial charge in [-0.3, -0.25) is 9.59 Å². The maximum absolute atomic E-state index is 11.9. The first-order chi connectivity index (χ1) is 9.73. The van der Waals surface area contributed by atoms with E-state index < -0.39 is 17.8 Å². The quantitative estimate of drug-likeness (QED) is 0.794. The molecule has 1 amide bonds. The van der Waals surface area contributed by atoms with Crippen LogP contribution < -0.4 is 5.32 Å². The van der Waals surface area contributed by atoms with E-state index in [0.29, 0.717) is 12.2 Å². The number of aromatic nitrogens is 1. The Hall–Kier alpha value is -1.89. The first-order valence-electron chi connectivity index (χ1n) is 6.68. The zero-order chi connectivity index (χ0) is 16.0. The monoisotopic (exact) mass is 298 g/mol. The van der Waals surface area contributed by atoms with E-state index in [4.69, 9.17) is 9.26 Å². The van der Waals surface area contributed by atoms with E-state index in [9.17, 15) is 14.7 Å². The molecule has 7 heteroatoms. The molecule has 1 heterocycles. The van der Waals surface area contributed by atoms with Crippen molar-refractivity contribution in [2.45, 2.75) is 33.8 Å². The Labute approximate surface area is 123 Å². The predicted molar refractivity (Wildman–Crippen MR) is 74.7 cm³/mol. The van der Waals surface area contributed by atoms with Crippen LogP contribution in [0.3, 0.4) is 0 Å². The van der Waals surface area contributed by atoms with E-state index in [2.05, 4.69) is 10.5 Å². The lowest BCUT2D eigenvalue weighted by Crippen LogP contribution is -2.35. The highest BCUT2D eigenvalue weighted by Gasteiger charge is 2.25. The van der Waals surface area contributed by atoms with Crippen LogP contribution >= 0.6 is 0 Å². The van der Waals surface area contributed by atoms with Crippen molar-refractivity contribution in [2.24, 2.45) is 11.3 Å². The Balaban J connectivity index is 2.58. The average Bonchev–Trinajstić information content (AvgIpc) is 2.81. The van der Waals surface area contributed by atoms with Crippen molar-refractivity contribution in [2.75, 3.05) is 13.7 Å². The largest absolute Gasteiger partial charge is 0.481 e. The van der Waals surface area contributed by atoms with Crippen LogP contribution in [0, 0.1) is 11.3 Å². The van der Waals surface area contributed by atoms with Gasteiger partial charge >= 0.3 is 5.97 Å². The van der Waals surface area contributed by atoms with E-state index in [0.717, 1.165) is 0 Å². The van der Waals surface area contributed by atoms with E-state index in [1.807, 2.05) is 20.8 Å². The van der Waals surface area contributed by atoms with Gasteiger partial charge in [-0.25, -0.2) is 0 Å². The highest BCUT2D eigenvalue weighted by atomic mass is 16.5. The average molecular weight is 298 g/mol. The molecular weight excluding hydrogens is 276 g/mol. The van der Waals surface area contributed by atoms with Crippen LogP contribution in [0.4, 0.5) is 0 Å². The molecule has 2 N–H and O–H groups in total. The number of carbonyl (C=O) groups is 2. The maximum Gasteiger partial charge on any atom is 0.308 e. The normalized spacial score (nSPS) is 13.0. The van der Waals surface area contributed by atoms with Crippen LogP contribution in [0.2, 0.25) is 0 Å². The minimum Gasteiger partial charge on any atom is -0.481 e. The number of amides is 1. The van der Waals surface area contributed by atoms with Crippen molar-refractivity contribution in [3.8, 4) is 0 Å². The highest BCUT2D eigenvalue weighted by Crippen LogP contribution is 2.24. The first-order valence-corrected chi connectivity index (χ1v) is 6.68. The molecule has 7 nitrogen and oxygen atoms in total. The molecule has 0 spiro atoms. The minimum absolute atomic E-state index is 0.0535. The molecule has 1 unspecified atom stereocenters. The van der Waals surface area contributed by atoms with Crippen molar-refractivity contribution in [3.05, 3.63) is 17.5 Å². The summed E-state index contributed by atoms with van der Waals surface area (Å²) in [5, 5.41) is 15.4. The predicted octanol–water partition coefficient (Wildman–Crippen LogP) is 1.69. The number of nitrogens with one attached hydrogen (secondary N) is 1. The van der Waals surface area contributed by atoms with Gasteiger partial charge in [0.1, 0.15) is 6.61 Å². The van der Waals surface area contributed by atoms with Gasteiger partial charge in [-0.15, -0.1) is 0 Å². The molecule has 1 rings (SSSR count). The number of carboxylic acid groups (broad SMARTS) is 1. The second-order valence-electron chi connectivity index (χ2n) is 6.12. The molecule has 0 fully saturated rings. The van der Waals surface area contributed by atoms with E-state index in [-0.39, 0.29) is 24.3 Å². The number of carboxylic acids is 1. The smallest absolute Gasteiger partial charge is 0.308 e. The summed E-state index contributed by atoms with van der Waals surface area (Å²) >= 11 is 0. The van der Waals surface area contributed by atoms with Crippen molar-refractivity contribution >= 4 is 11.9 Å². The third-order valence-electron chi connectivity index (χ3n) is 2.80. The molecule has 1 atom stereocenters. The van der Waals surface area contributed by atoms with E-state index >= 15 is 0 Å². The first kappa shape index (κ1) is 17.2. The maximum atomic E-state index is 11.9. The SMILES string of the molecule is COCc1cc(C(=O)NCC(CC(C)(C)C)C(=O)O)no1. The summed E-state index contributed by atoms with van der Waals surface area (Å²) in [6.07, 6.45) is 0.469. The summed E-state index contributed by atoms with van der Waals surface area (Å²) < 4.78 is 9.77. The fraction of sp³-hybridized carbons (Fsp3) is 0.643. The Kier molecular flexibility index (Phi) is 5.90. The zero-order valence-corrected chi connectivity index (χ0v) is 12.8. The number of carbonyl (C=O) groups excluding carboxylic acids is 1. The molecule has 0 saturated heterocycles. The summed E-state index contributed by atoms with van der Waals surface area (Å²) in [6.45, 7) is 6.15. The fourth-order valence-electron chi connectivity index (χ4n) is 1.92. The van der Waals surface area contributed by atoms with Gasteiger partial charge in [0.05, 0.1) is 5.92 Å². The van der Waals surface area contributed by atoms with Gasteiger partial charge in [-0.1, -0.05) is 25.9 Å². The number of hydrogen-bond donors (Lipinski definition) is 2. The van der Waals surface area contributed by atoms with Gasteiger partial charge in [0.2, 0.25) is 0 Å². The Morgan fingerprint density at radius 1 is 1.48 bits per heavy atom. The molecule has 118 valence electrons. The van der Waals surface area contributed by atoms with Gasteiger partial charge < -0.3 is 19.7 Å². The third-order valence-corrected chi connectivity index (χ3v) is 2.80. The topological polar surface area (TPSA) is 102 Å². The summed E-state index contributed by atoms with van der Waals surface area (Å²) in [7, 11) is 1.51. The molecule has 21 heavy (non-hydrogen) atoms. The van der Waals surface area contributed by atoms with Gasteiger partial charge in [0.15, 0.2) is 11.5 Å². The minimum atomic E-state index is -0.926. The van der Waals surface area contributed by atoms with E-state index in [1.54, 1.807) is 0 Å². The lowest BCUT2D eigenvalue weighted by atomic mass is 9.84. The van der Waals surface area contributed by atoms with Gasteiger partial charge in [0.25, 0.3) is 5.91 Å². The van der Waals surface area contributed by atoms with Crippen molar-refractivity contribution in [1.82, 2.24) is 10.5 Å². The number of aliphatic carboxylic acids is 1. The zero-order valence-electron chi connectivity index (χ0n) is 12.8. The molecule has 0 aliphatic carbocycles. The number of methoxy groups -OCH3 is 1. The Morgan fingerprint density at radius 3 is 2.67 bits per heavy atom. The van der Waals surface area contributed by atoms with Crippen LogP contribution in [-0.2, 0) is 16.1 Å². The summed E-state index contributed by atoms with van der Waals surface area (Å²) in [5.41, 5.74) is -0.0187. The number of rotatable bonds is 7. The van der Waals surface area contributed by atoms with Crippen molar-refractivity contribution in [3.63, 3.8) is 0 Å². The third kappa shape index (κ3) is 5.95. The number of ether oxygens (including phenoxy) is 1. The Bertz CT molecular complexity index is 490. The second-order valence-corrected chi connectivity index (χ2v) is 6.12. The molecule has 0 aromatic carbocycles. The van der Waals surface area contributed by atoms with Crippen LogP contribution in [0.5, 0.6) is 0 Å². The van der Waals surface area contributed by atoms with Gasteiger partial charge in [0, 0.05) is 19.7 Å². The van der Waals surface area contributed by atoms with Gasteiger partial charge in [-0.2, -0.15) is 0 Å². The van der Waals surface area contributed by atoms with Crippen molar-refractivity contribution < 1.29 is 24.0 Å². The van der Waals surface area contributed by atoms with Gasteiger partial charge in [-0.05, 0) is 11.8 Å². The number of hydrogen-bond acceptors (Lipinski definition) is 5. The molecule has 0 aliphatic heterocycles. The molecule has 1 aromatic heterocycles. The lowest BCUT2D eigenvalue weighted by molar-refractivity contribution is -0.142. The Morgan fingerprint density at radius 2 is 2.14 bits per heavy atom. The summed E-state index contributed by atoms with van der Waals surface area (Å²) in [6, 6.07) is 1.47.